The average Bonchev–Trinajstić information content (AvgIpc) is 3.27. The van der Waals surface area contributed by atoms with E-state index in [4.69, 9.17) is 16.0 Å². The van der Waals surface area contributed by atoms with Crippen LogP contribution in [0.3, 0.4) is 0 Å². The van der Waals surface area contributed by atoms with E-state index in [1.165, 1.54) is 23.4 Å². The molecule has 1 atom stereocenters. The molecule has 9 heteroatoms. The molecule has 1 aliphatic heterocycles. The summed E-state index contributed by atoms with van der Waals surface area (Å²) in [4.78, 5) is 18.5. The van der Waals surface area contributed by atoms with Crippen molar-refractivity contribution in [3.63, 3.8) is 0 Å². The van der Waals surface area contributed by atoms with E-state index in [-0.39, 0.29) is 5.91 Å². The summed E-state index contributed by atoms with van der Waals surface area (Å²) in [6, 6.07) is 18.1. The molecule has 0 saturated heterocycles. The first kappa shape index (κ1) is 20.5. The number of carbonyl (C=O) groups is 1. The number of amides is 1. The largest absolute Gasteiger partial charge is 0.854 e. The van der Waals surface area contributed by atoms with Crippen LogP contribution in [-0.4, -0.2) is 22.2 Å². The van der Waals surface area contributed by atoms with Gasteiger partial charge in [-0.25, -0.2) is 9.88 Å². The maximum Gasteiger partial charge on any atom is 0.325 e. The van der Waals surface area contributed by atoms with E-state index < -0.39 is 12.0 Å². The highest BCUT2D eigenvalue weighted by Crippen LogP contribution is 2.41. The summed E-state index contributed by atoms with van der Waals surface area (Å²) in [6.45, 7) is 1.48. The Bertz CT molecular complexity index is 1360. The zero-order chi connectivity index (χ0) is 22.4. The van der Waals surface area contributed by atoms with Gasteiger partial charge in [-0.1, -0.05) is 47.6 Å². The Morgan fingerprint density at radius 1 is 1.19 bits per heavy atom. The van der Waals surface area contributed by atoms with Gasteiger partial charge in [0.2, 0.25) is 5.91 Å². The van der Waals surface area contributed by atoms with Crippen molar-refractivity contribution in [3.8, 4) is 28.5 Å². The van der Waals surface area contributed by atoms with Crippen LogP contribution in [0.15, 0.2) is 70.2 Å². The summed E-state index contributed by atoms with van der Waals surface area (Å²) in [5.41, 5.74) is 2.31. The monoisotopic (exact) mass is 464 g/mol. The molecule has 4 aromatic rings. The topological polar surface area (TPSA) is 86.2 Å². The van der Waals surface area contributed by atoms with Crippen LogP contribution in [0, 0.1) is 0 Å². The molecule has 1 aliphatic rings. The third kappa shape index (κ3) is 3.32. The summed E-state index contributed by atoms with van der Waals surface area (Å²) in [7, 11) is 0. The van der Waals surface area contributed by atoms with Gasteiger partial charge in [0.25, 0.3) is 10.9 Å². The molecule has 0 bridgehead atoms. The molecule has 0 fully saturated rings. The fraction of sp³-hybridized carbons (Fsp3) is 0.130. The number of halogens is 1. The number of hydrogen-bond donors (Lipinski definition) is 0. The Morgan fingerprint density at radius 2 is 2.00 bits per heavy atom. The highest BCUT2D eigenvalue weighted by Gasteiger charge is 2.45. The normalized spacial score (nSPS) is 14.7. The number of furan rings is 1. The molecule has 0 aliphatic carbocycles. The van der Waals surface area contributed by atoms with Crippen molar-refractivity contribution in [2.24, 2.45) is 0 Å². The SMILES string of the molecule is CSc1nc([O-])c2[n+](n1)C(c1ccc(-c3cccc(Cl)c3)o1)N(C(C)=O)c1ccccc1-2. The van der Waals surface area contributed by atoms with E-state index in [2.05, 4.69) is 10.1 Å². The second-order valence-electron chi connectivity index (χ2n) is 7.19. The summed E-state index contributed by atoms with van der Waals surface area (Å²) >= 11 is 7.39. The molecule has 0 N–H and O–H groups in total. The lowest BCUT2D eigenvalue weighted by atomic mass is 10.0. The van der Waals surface area contributed by atoms with Gasteiger partial charge in [-0.15, -0.1) is 0 Å². The van der Waals surface area contributed by atoms with Crippen molar-refractivity contribution in [3.05, 3.63) is 71.4 Å². The first-order chi connectivity index (χ1) is 15.5. The molecule has 2 aromatic carbocycles. The first-order valence-electron chi connectivity index (χ1n) is 9.77. The smallest absolute Gasteiger partial charge is 0.325 e. The number of rotatable bonds is 3. The summed E-state index contributed by atoms with van der Waals surface area (Å²) in [6.07, 6.45) is 1.01. The number of para-hydroxylation sites is 1. The number of aromatic nitrogens is 3. The molecule has 0 saturated carbocycles. The summed E-state index contributed by atoms with van der Waals surface area (Å²) in [5.74, 6) is 0.430. The van der Waals surface area contributed by atoms with Crippen molar-refractivity contribution < 1.29 is 19.0 Å². The molecule has 3 heterocycles. The lowest BCUT2D eigenvalue weighted by Gasteiger charge is -2.31. The molecule has 0 spiro atoms. The van der Waals surface area contributed by atoms with E-state index >= 15 is 0 Å². The third-order valence-electron chi connectivity index (χ3n) is 5.23. The lowest BCUT2D eigenvalue weighted by Crippen LogP contribution is -2.58. The zero-order valence-corrected chi connectivity index (χ0v) is 18.7. The number of nitrogens with zero attached hydrogens (tertiary/aromatic N) is 4. The molecule has 32 heavy (non-hydrogen) atoms. The van der Waals surface area contributed by atoms with Crippen molar-refractivity contribution >= 4 is 35.0 Å². The van der Waals surface area contributed by atoms with Gasteiger partial charge >= 0.3 is 6.17 Å². The van der Waals surface area contributed by atoms with E-state index in [1.54, 1.807) is 41.5 Å². The molecular formula is C23H17ClN4O3S. The quantitative estimate of drug-likeness (QED) is 0.336. The van der Waals surface area contributed by atoms with Crippen LogP contribution in [0.1, 0.15) is 18.8 Å². The number of thioether (sulfide) groups is 1. The number of benzene rings is 2. The van der Waals surface area contributed by atoms with Crippen molar-refractivity contribution in [2.45, 2.75) is 18.2 Å². The number of anilines is 1. The van der Waals surface area contributed by atoms with Crippen molar-refractivity contribution in [1.82, 2.24) is 10.1 Å². The van der Waals surface area contributed by atoms with Gasteiger partial charge in [-0.2, -0.15) is 0 Å². The lowest BCUT2D eigenvalue weighted by molar-refractivity contribution is -0.765. The fourth-order valence-corrected chi connectivity index (χ4v) is 4.44. The number of hydrogen-bond acceptors (Lipinski definition) is 6. The van der Waals surface area contributed by atoms with E-state index in [9.17, 15) is 9.90 Å². The second-order valence-corrected chi connectivity index (χ2v) is 8.40. The van der Waals surface area contributed by atoms with Crippen LogP contribution < -0.4 is 14.7 Å². The van der Waals surface area contributed by atoms with E-state index in [0.717, 1.165) is 5.56 Å². The molecule has 0 radical (unpaired) electrons. The standard InChI is InChI=1S/C23H17ClN4O3S/c1-13(29)27-17-9-4-3-8-16(17)20-21(30)25-23(32-2)26-28(20)22(27)19-11-10-18(31-19)14-6-5-7-15(24)12-14/h3-12,22H,1-2H3. The maximum absolute atomic E-state index is 13.0. The predicted octanol–water partition coefficient (Wildman–Crippen LogP) is 4.05. The molecule has 1 unspecified atom stereocenters. The number of fused-ring (bicyclic) bond motifs is 3. The van der Waals surface area contributed by atoms with Gasteiger partial charge in [0.05, 0.1) is 17.1 Å². The Labute approximate surface area is 193 Å². The average molecular weight is 465 g/mol. The third-order valence-corrected chi connectivity index (χ3v) is 6.00. The number of carbonyl (C=O) groups excluding carboxylic acids is 1. The molecule has 160 valence electrons. The summed E-state index contributed by atoms with van der Waals surface area (Å²) in [5, 5.41) is 18.5. The van der Waals surface area contributed by atoms with E-state index in [0.29, 0.717) is 38.6 Å². The van der Waals surface area contributed by atoms with Crippen molar-refractivity contribution in [1.29, 1.82) is 0 Å². The van der Waals surface area contributed by atoms with Gasteiger partial charge in [0, 0.05) is 22.6 Å². The molecular weight excluding hydrogens is 448 g/mol. The molecule has 1 amide bonds. The van der Waals surface area contributed by atoms with Crippen LogP contribution >= 0.6 is 23.4 Å². The van der Waals surface area contributed by atoms with Crippen LogP contribution in [0.25, 0.3) is 22.6 Å². The predicted molar refractivity (Wildman–Crippen MR) is 119 cm³/mol. The Balaban J connectivity index is 1.75. The Morgan fingerprint density at radius 3 is 2.75 bits per heavy atom. The minimum absolute atomic E-state index is 0.210. The van der Waals surface area contributed by atoms with Gasteiger partial charge in [-0.3, -0.25) is 4.79 Å². The minimum atomic E-state index is -0.785. The first-order valence-corrected chi connectivity index (χ1v) is 11.4. The highest BCUT2D eigenvalue weighted by atomic mass is 35.5. The van der Waals surface area contributed by atoms with Crippen molar-refractivity contribution in [2.75, 3.05) is 11.2 Å². The fourth-order valence-electron chi connectivity index (χ4n) is 3.91. The van der Waals surface area contributed by atoms with E-state index in [1.807, 2.05) is 30.3 Å². The van der Waals surface area contributed by atoms with Crippen LogP contribution in [-0.2, 0) is 4.79 Å². The molecule has 5 rings (SSSR count). The maximum atomic E-state index is 13.0. The molecule has 2 aromatic heterocycles. The van der Waals surface area contributed by atoms with Gasteiger partial charge in [-0.05, 0) is 47.3 Å². The molecule has 7 nitrogen and oxygen atoms in total. The van der Waals surface area contributed by atoms with Gasteiger partial charge in [0.15, 0.2) is 5.76 Å². The second kappa shape index (κ2) is 7.96. The van der Waals surface area contributed by atoms with Crippen LogP contribution in [0.5, 0.6) is 5.88 Å². The van der Waals surface area contributed by atoms with Gasteiger partial charge < -0.3 is 9.52 Å². The summed E-state index contributed by atoms with van der Waals surface area (Å²) < 4.78 is 7.72. The Kier molecular flexibility index (Phi) is 5.11. The Hall–Kier alpha value is -3.36. The van der Waals surface area contributed by atoms with Crippen LogP contribution in [0.2, 0.25) is 5.02 Å². The van der Waals surface area contributed by atoms with Gasteiger partial charge in [0.1, 0.15) is 5.76 Å². The van der Waals surface area contributed by atoms with Crippen LogP contribution in [0.4, 0.5) is 5.69 Å². The minimum Gasteiger partial charge on any atom is -0.854 e. The zero-order valence-electron chi connectivity index (χ0n) is 17.2. The highest BCUT2D eigenvalue weighted by molar-refractivity contribution is 7.98.